The second-order valence-electron chi connectivity index (χ2n) is 9.51. The molecule has 2 fully saturated rings. The maximum atomic E-state index is 13.7. The van der Waals surface area contributed by atoms with E-state index in [9.17, 15) is 32.3 Å². The van der Waals surface area contributed by atoms with Gasteiger partial charge in [-0.3, -0.25) is 34.9 Å². The molecule has 9 nitrogen and oxygen atoms in total. The van der Waals surface area contributed by atoms with E-state index in [2.05, 4.69) is 4.98 Å². The highest BCUT2D eigenvalue weighted by Gasteiger charge is 2.62. The highest BCUT2D eigenvalue weighted by Crippen LogP contribution is 2.45. The fraction of sp³-hybridized carbons (Fsp3) is 0.296. The van der Waals surface area contributed by atoms with Gasteiger partial charge in [0.2, 0.25) is 11.8 Å². The lowest BCUT2D eigenvalue weighted by molar-refractivity contribution is -0.171. The number of aryl methyl sites for hydroxylation is 1. The van der Waals surface area contributed by atoms with Crippen LogP contribution in [0, 0.1) is 12.3 Å². The number of pyridine rings is 1. The first-order valence-corrected chi connectivity index (χ1v) is 12.2. The van der Waals surface area contributed by atoms with Gasteiger partial charge in [0, 0.05) is 22.3 Å². The molecule has 5 amide bonds. The maximum absolute atomic E-state index is 13.7. The molecule has 2 aliphatic rings. The molecule has 12 heteroatoms. The number of hydrogen-bond acceptors (Lipinski definition) is 6. The minimum absolute atomic E-state index is 0.0520. The van der Waals surface area contributed by atoms with Crippen molar-refractivity contribution >= 4 is 40.3 Å². The minimum atomic E-state index is -5.28. The number of halogens is 3. The number of imide groups is 2. The number of hydrogen-bond donors (Lipinski definition) is 2. The van der Waals surface area contributed by atoms with Crippen LogP contribution >= 0.6 is 0 Å². The van der Waals surface area contributed by atoms with Gasteiger partial charge in [0.25, 0.3) is 0 Å². The number of carbonyl (C=O) groups excluding carboxylic acids is 4. The predicted octanol–water partition coefficient (Wildman–Crippen LogP) is 3.92. The number of carbonyl (C=O) groups is 4. The van der Waals surface area contributed by atoms with Gasteiger partial charge >= 0.3 is 18.1 Å². The predicted molar refractivity (Wildman–Crippen MR) is 133 cm³/mol. The Morgan fingerprint density at radius 1 is 1.08 bits per heavy atom. The van der Waals surface area contributed by atoms with Crippen molar-refractivity contribution in [3.63, 3.8) is 0 Å². The number of benzene rings is 2. The van der Waals surface area contributed by atoms with Crippen LogP contribution in [0.2, 0.25) is 0 Å². The summed E-state index contributed by atoms with van der Waals surface area (Å²) in [7, 11) is 0. The van der Waals surface area contributed by atoms with E-state index in [-0.39, 0.29) is 31.6 Å². The molecule has 1 saturated carbocycles. The number of urea groups is 1. The number of nitrogens with one attached hydrogen (secondary N) is 2. The Morgan fingerprint density at radius 3 is 2.41 bits per heavy atom. The minimum Gasteiger partial charge on any atom is -0.489 e. The number of amides is 5. The fourth-order valence-electron chi connectivity index (χ4n) is 5.38. The zero-order valence-corrected chi connectivity index (χ0v) is 20.7. The van der Waals surface area contributed by atoms with E-state index in [4.69, 9.17) is 4.74 Å². The lowest BCUT2D eigenvalue weighted by Crippen LogP contribution is -2.68. The van der Waals surface area contributed by atoms with Crippen molar-refractivity contribution in [1.82, 2.24) is 15.6 Å². The van der Waals surface area contributed by atoms with Crippen molar-refractivity contribution in [1.29, 1.82) is 0 Å². The normalized spacial score (nSPS) is 18.7. The second-order valence-corrected chi connectivity index (χ2v) is 9.51. The number of ether oxygens (including phenoxy) is 1. The summed E-state index contributed by atoms with van der Waals surface area (Å²) in [5.74, 6) is -3.95. The van der Waals surface area contributed by atoms with E-state index in [1.54, 1.807) is 0 Å². The molecule has 1 aliphatic heterocycles. The molecule has 2 heterocycles. The smallest absolute Gasteiger partial charge is 0.471 e. The van der Waals surface area contributed by atoms with Gasteiger partial charge in [0.05, 0.1) is 11.6 Å². The Morgan fingerprint density at radius 2 is 1.74 bits per heavy atom. The van der Waals surface area contributed by atoms with E-state index in [0.717, 1.165) is 22.2 Å². The van der Waals surface area contributed by atoms with E-state index in [1.807, 2.05) is 47.9 Å². The van der Waals surface area contributed by atoms with Crippen LogP contribution in [0.15, 0.2) is 54.6 Å². The third-order valence-electron chi connectivity index (χ3n) is 7.09. The van der Waals surface area contributed by atoms with Gasteiger partial charge in [-0.05, 0) is 62.6 Å². The van der Waals surface area contributed by atoms with Gasteiger partial charge in [0.1, 0.15) is 17.8 Å². The van der Waals surface area contributed by atoms with Crippen molar-refractivity contribution in [3.05, 3.63) is 65.9 Å². The van der Waals surface area contributed by atoms with Crippen molar-refractivity contribution in [2.24, 2.45) is 5.41 Å². The van der Waals surface area contributed by atoms with Crippen LogP contribution < -0.4 is 20.3 Å². The number of aromatic nitrogens is 1. The topological polar surface area (TPSA) is 118 Å². The Kier molecular flexibility index (Phi) is 6.49. The third-order valence-corrected chi connectivity index (χ3v) is 7.09. The Balaban J connectivity index is 1.44. The first-order chi connectivity index (χ1) is 18.5. The maximum Gasteiger partial charge on any atom is 0.471 e. The molecular formula is C27H23F3N4O5. The number of alkyl halides is 3. The highest BCUT2D eigenvalue weighted by atomic mass is 19.4. The number of fused-ring (bicyclic) bond motifs is 1. The number of anilines is 1. The van der Waals surface area contributed by atoms with E-state index >= 15 is 0 Å². The quantitative estimate of drug-likeness (QED) is 0.474. The number of nitrogens with zero attached hydrogens (tertiary/aromatic N) is 2. The molecular weight excluding hydrogens is 517 g/mol. The van der Waals surface area contributed by atoms with Gasteiger partial charge in [0.15, 0.2) is 0 Å². The number of barbiturate groups is 1. The van der Waals surface area contributed by atoms with Crippen molar-refractivity contribution in [2.75, 3.05) is 4.90 Å². The van der Waals surface area contributed by atoms with Crippen LogP contribution in [0.3, 0.4) is 0 Å². The number of rotatable bonds is 5. The molecule has 2 N–H and O–H groups in total. The van der Waals surface area contributed by atoms with Gasteiger partial charge in [-0.15, -0.1) is 0 Å². The summed E-state index contributed by atoms with van der Waals surface area (Å²) in [5.41, 5.74) is 0.263. The summed E-state index contributed by atoms with van der Waals surface area (Å²) in [6.07, 6.45) is -5.26. The molecule has 39 heavy (non-hydrogen) atoms. The Bertz CT molecular complexity index is 1470. The van der Waals surface area contributed by atoms with Gasteiger partial charge < -0.3 is 4.74 Å². The standard InChI is InChI=1S/C27H23F3N4O5/c1-15-13-16(19-5-2-3-6-20(19)31-15)14-39-18-10-8-17(9-11-18)34(24(37)27(28,29)30)21-7-4-12-26(21)22(35)32-25(38)33-23(26)36/h2-3,5-6,8-11,13,21H,4,7,12,14H2,1H3,(H2,32,33,35,36,38). The average molecular weight is 540 g/mol. The lowest BCUT2D eigenvalue weighted by Gasteiger charge is -2.41. The summed E-state index contributed by atoms with van der Waals surface area (Å²) in [5, 5.41) is 4.82. The molecule has 1 saturated heterocycles. The van der Waals surface area contributed by atoms with Crippen LogP contribution in [0.25, 0.3) is 10.9 Å². The molecule has 1 spiro atoms. The Hall–Kier alpha value is -4.48. The summed E-state index contributed by atoms with van der Waals surface area (Å²) >= 11 is 0. The molecule has 0 radical (unpaired) electrons. The summed E-state index contributed by atoms with van der Waals surface area (Å²) in [4.78, 5) is 54.8. The van der Waals surface area contributed by atoms with Crippen LogP contribution in [0.1, 0.15) is 30.5 Å². The summed E-state index contributed by atoms with van der Waals surface area (Å²) in [6, 6.07) is 12.3. The molecule has 1 atom stereocenters. The first kappa shape index (κ1) is 26.1. The molecule has 5 rings (SSSR count). The van der Waals surface area contributed by atoms with Crippen LogP contribution in [-0.2, 0) is 21.0 Å². The molecule has 2 aromatic carbocycles. The zero-order chi connectivity index (χ0) is 27.9. The number of para-hydroxylation sites is 1. The average Bonchev–Trinajstić information content (AvgIpc) is 3.32. The lowest BCUT2D eigenvalue weighted by atomic mass is 9.78. The van der Waals surface area contributed by atoms with Gasteiger partial charge in [-0.1, -0.05) is 18.2 Å². The van der Waals surface area contributed by atoms with Crippen molar-refractivity contribution in [2.45, 2.75) is 45.0 Å². The highest BCUT2D eigenvalue weighted by molar-refractivity contribution is 6.20. The molecule has 1 unspecified atom stereocenters. The van der Waals surface area contributed by atoms with Gasteiger partial charge in [-0.2, -0.15) is 13.2 Å². The molecule has 1 aromatic heterocycles. The fourth-order valence-corrected chi connectivity index (χ4v) is 5.38. The first-order valence-electron chi connectivity index (χ1n) is 12.2. The van der Waals surface area contributed by atoms with Crippen molar-refractivity contribution < 1.29 is 37.1 Å². The van der Waals surface area contributed by atoms with Crippen LogP contribution in [-0.4, -0.2) is 41.0 Å². The van der Waals surface area contributed by atoms with Gasteiger partial charge in [-0.25, -0.2) is 4.79 Å². The molecule has 202 valence electrons. The summed E-state index contributed by atoms with van der Waals surface area (Å²) in [6.45, 7) is 2.02. The van der Waals surface area contributed by atoms with E-state index in [1.165, 1.54) is 24.3 Å². The molecule has 1 aliphatic carbocycles. The van der Waals surface area contributed by atoms with Crippen molar-refractivity contribution in [3.8, 4) is 5.75 Å². The SMILES string of the molecule is Cc1cc(COc2ccc(N(C(=O)C(F)(F)F)C3CCCC34C(=O)NC(=O)NC4=O)cc2)c2ccccc2n1. The second kappa shape index (κ2) is 9.68. The van der Waals surface area contributed by atoms with E-state index < -0.39 is 41.4 Å². The monoisotopic (exact) mass is 540 g/mol. The zero-order valence-electron chi connectivity index (χ0n) is 20.7. The largest absolute Gasteiger partial charge is 0.489 e. The van der Waals surface area contributed by atoms with Crippen LogP contribution in [0.4, 0.5) is 23.7 Å². The molecule has 0 bridgehead atoms. The van der Waals surface area contributed by atoms with E-state index in [0.29, 0.717) is 10.6 Å². The van der Waals surface area contributed by atoms with Crippen LogP contribution in [0.5, 0.6) is 5.75 Å². The summed E-state index contributed by atoms with van der Waals surface area (Å²) < 4.78 is 47.0. The molecule has 3 aromatic rings. The third kappa shape index (κ3) is 4.66. The Labute approximate surface area is 220 Å².